The highest BCUT2D eigenvalue weighted by Crippen LogP contribution is 2.29. The van der Waals surface area contributed by atoms with Crippen molar-refractivity contribution in [3.8, 4) is 17.2 Å². The second kappa shape index (κ2) is 8.42. The molecule has 5 nitrogen and oxygen atoms in total. The van der Waals surface area contributed by atoms with E-state index in [2.05, 4.69) is 5.32 Å². The van der Waals surface area contributed by atoms with E-state index < -0.39 is 6.10 Å². The Morgan fingerprint density at radius 2 is 1.72 bits per heavy atom. The van der Waals surface area contributed by atoms with Gasteiger partial charge in [-0.3, -0.25) is 4.79 Å². The molecule has 25 heavy (non-hydrogen) atoms. The van der Waals surface area contributed by atoms with E-state index in [1.807, 2.05) is 39.0 Å². The topological polar surface area (TPSA) is 56.8 Å². The number of rotatable bonds is 7. The third-order valence-electron chi connectivity index (χ3n) is 4.09. The van der Waals surface area contributed by atoms with Crippen LogP contribution in [-0.2, 0) is 4.79 Å². The Hall–Kier alpha value is -2.69. The number of hydrogen-bond acceptors (Lipinski definition) is 4. The largest absolute Gasteiger partial charge is 0.497 e. The van der Waals surface area contributed by atoms with Crippen molar-refractivity contribution in [1.29, 1.82) is 0 Å². The van der Waals surface area contributed by atoms with Crippen LogP contribution in [0.15, 0.2) is 36.4 Å². The molecule has 0 fully saturated rings. The van der Waals surface area contributed by atoms with Gasteiger partial charge in [0.2, 0.25) is 0 Å². The number of carbonyl (C=O) groups is 1. The van der Waals surface area contributed by atoms with Gasteiger partial charge in [-0.15, -0.1) is 0 Å². The molecule has 0 aliphatic carbocycles. The quantitative estimate of drug-likeness (QED) is 0.822. The molecule has 0 aliphatic heterocycles. The van der Waals surface area contributed by atoms with Crippen LogP contribution >= 0.6 is 0 Å². The fourth-order valence-corrected chi connectivity index (χ4v) is 2.39. The summed E-state index contributed by atoms with van der Waals surface area (Å²) >= 11 is 0. The zero-order valence-corrected chi connectivity index (χ0v) is 15.4. The van der Waals surface area contributed by atoms with Crippen LogP contribution in [-0.4, -0.2) is 26.2 Å². The van der Waals surface area contributed by atoms with E-state index in [9.17, 15) is 4.79 Å². The average Bonchev–Trinajstić information content (AvgIpc) is 2.62. The van der Waals surface area contributed by atoms with Gasteiger partial charge in [0, 0.05) is 6.07 Å². The zero-order valence-electron chi connectivity index (χ0n) is 15.4. The molecule has 0 heterocycles. The number of anilines is 1. The molecule has 0 radical (unpaired) electrons. The van der Waals surface area contributed by atoms with Gasteiger partial charge >= 0.3 is 0 Å². The lowest BCUT2D eigenvalue weighted by Crippen LogP contribution is -2.32. The average molecular weight is 343 g/mol. The Kier molecular flexibility index (Phi) is 6.28. The maximum atomic E-state index is 12.6. The molecule has 0 aliphatic rings. The van der Waals surface area contributed by atoms with E-state index in [1.54, 1.807) is 32.4 Å². The molecule has 2 aromatic rings. The summed E-state index contributed by atoms with van der Waals surface area (Å²) in [6.07, 6.45) is -0.0362. The van der Waals surface area contributed by atoms with E-state index in [1.165, 1.54) is 5.56 Å². The van der Waals surface area contributed by atoms with Crippen LogP contribution in [0.2, 0.25) is 0 Å². The predicted octanol–water partition coefficient (Wildman–Crippen LogP) is 4.12. The monoisotopic (exact) mass is 343 g/mol. The highest BCUT2D eigenvalue weighted by molar-refractivity contribution is 5.95. The van der Waals surface area contributed by atoms with Gasteiger partial charge in [-0.2, -0.15) is 0 Å². The lowest BCUT2D eigenvalue weighted by Gasteiger charge is -2.19. The summed E-state index contributed by atoms with van der Waals surface area (Å²) in [5, 5.41) is 2.87. The molecule has 0 unspecified atom stereocenters. The third-order valence-corrected chi connectivity index (χ3v) is 4.09. The van der Waals surface area contributed by atoms with Crippen LogP contribution in [0.1, 0.15) is 24.5 Å². The maximum absolute atomic E-state index is 12.6. The van der Waals surface area contributed by atoms with Crippen LogP contribution in [0.4, 0.5) is 5.69 Å². The maximum Gasteiger partial charge on any atom is 0.265 e. The standard InChI is InChI=1S/C20H25NO4/c1-6-18(25-16-8-7-13(2)14(3)11-16)20(22)21-17-10-9-15(23-4)12-19(17)24-5/h7-12,18H,6H2,1-5H3,(H,21,22)/t18-/m1/s1. The molecule has 2 rings (SSSR count). The first-order valence-corrected chi connectivity index (χ1v) is 8.25. The fourth-order valence-electron chi connectivity index (χ4n) is 2.39. The minimum absolute atomic E-state index is 0.218. The van der Waals surface area contributed by atoms with Crippen molar-refractivity contribution in [2.75, 3.05) is 19.5 Å². The molecule has 0 aromatic heterocycles. The zero-order chi connectivity index (χ0) is 18.4. The predicted molar refractivity (Wildman–Crippen MR) is 98.8 cm³/mol. The highest BCUT2D eigenvalue weighted by atomic mass is 16.5. The Morgan fingerprint density at radius 1 is 1.00 bits per heavy atom. The molecule has 134 valence electrons. The second-order valence-corrected chi connectivity index (χ2v) is 5.82. The van der Waals surface area contributed by atoms with Crippen LogP contribution in [0.3, 0.4) is 0 Å². The van der Waals surface area contributed by atoms with Gasteiger partial charge in [-0.1, -0.05) is 13.0 Å². The SMILES string of the molecule is CC[C@@H](Oc1ccc(C)c(C)c1)C(=O)Nc1ccc(OC)cc1OC. The summed E-state index contributed by atoms with van der Waals surface area (Å²) in [6, 6.07) is 11.1. The van der Waals surface area contributed by atoms with E-state index >= 15 is 0 Å². The van der Waals surface area contributed by atoms with Gasteiger partial charge < -0.3 is 19.5 Å². The van der Waals surface area contributed by atoms with Crippen molar-refractivity contribution in [3.05, 3.63) is 47.5 Å². The third kappa shape index (κ3) is 4.66. The first-order chi connectivity index (χ1) is 12.0. The first-order valence-electron chi connectivity index (χ1n) is 8.25. The van der Waals surface area contributed by atoms with Crippen LogP contribution in [0.25, 0.3) is 0 Å². The smallest absolute Gasteiger partial charge is 0.265 e. The summed E-state index contributed by atoms with van der Waals surface area (Å²) < 4.78 is 16.4. The number of ether oxygens (including phenoxy) is 3. The lowest BCUT2D eigenvalue weighted by molar-refractivity contribution is -0.122. The molecular formula is C20H25NO4. The molecule has 5 heteroatoms. The number of nitrogens with one attached hydrogen (secondary N) is 1. The number of aryl methyl sites for hydroxylation is 2. The van der Waals surface area contributed by atoms with Crippen molar-refractivity contribution < 1.29 is 19.0 Å². The number of amides is 1. The van der Waals surface area contributed by atoms with Crippen molar-refractivity contribution in [1.82, 2.24) is 0 Å². The minimum atomic E-state index is -0.589. The van der Waals surface area contributed by atoms with Crippen molar-refractivity contribution >= 4 is 11.6 Å². The van der Waals surface area contributed by atoms with E-state index in [0.29, 0.717) is 29.4 Å². The van der Waals surface area contributed by atoms with Gasteiger partial charge in [-0.25, -0.2) is 0 Å². The minimum Gasteiger partial charge on any atom is -0.497 e. The van der Waals surface area contributed by atoms with Crippen molar-refractivity contribution in [2.45, 2.75) is 33.3 Å². The van der Waals surface area contributed by atoms with Gasteiger partial charge in [0.15, 0.2) is 6.10 Å². The Bertz CT molecular complexity index is 742. The van der Waals surface area contributed by atoms with Crippen molar-refractivity contribution in [2.24, 2.45) is 0 Å². The van der Waals surface area contributed by atoms with E-state index in [-0.39, 0.29) is 5.91 Å². The first kappa shape index (κ1) is 18.6. The number of carbonyl (C=O) groups excluding carboxylic acids is 1. The summed E-state index contributed by atoms with van der Waals surface area (Å²) in [7, 11) is 3.13. The second-order valence-electron chi connectivity index (χ2n) is 5.82. The Morgan fingerprint density at radius 3 is 2.32 bits per heavy atom. The van der Waals surface area contributed by atoms with Gasteiger partial charge in [-0.05, 0) is 55.7 Å². The fraction of sp³-hybridized carbons (Fsp3) is 0.350. The van der Waals surface area contributed by atoms with Crippen LogP contribution in [0.5, 0.6) is 17.2 Å². The van der Waals surface area contributed by atoms with Crippen LogP contribution < -0.4 is 19.5 Å². The molecule has 0 bridgehead atoms. The number of hydrogen-bond donors (Lipinski definition) is 1. The Balaban J connectivity index is 2.13. The normalized spacial score (nSPS) is 11.6. The number of methoxy groups -OCH3 is 2. The molecule has 1 amide bonds. The molecule has 0 saturated carbocycles. The van der Waals surface area contributed by atoms with Crippen LogP contribution in [0, 0.1) is 13.8 Å². The summed E-state index contributed by atoms with van der Waals surface area (Å²) in [4.78, 5) is 12.6. The molecule has 1 atom stereocenters. The molecule has 0 saturated heterocycles. The lowest BCUT2D eigenvalue weighted by atomic mass is 10.1. The summed E-state index contributed by atoms with van der Waals surface area (Å²) in [6.45, 7) is 5.97. The number of benzene rings is 2. The summed E-state index contributed by atoms with van der Waals surface area (Å²) in [5.41, 5.74) is 2.90. The van der Waals surface area contributed by atoms with Gasteiger partial charge in [0.25, 0.3) is 5.91 Å². The van der Waals surface area contributed by atoms with E-state index in [4.69, 9.17) is 14.2 Å². The highest BCUT2D eigenvalue weighted by Gasteiger charge is 2.20. The Labute approximate surface area is 148 Å². The molecular weight excluding hydrogens is 318 g/mol. The van der Waals surface area contributed by atoms with Gasteiger partial charge in [0.1, 0.15) is 17.2 Å². The summed E-state index contributed by atoms with van der Waals surface area (Å²) in [5.74, 6) is 1.66. The van der Waals surface area contributed by atoms with Gasteiger partial charge in [0.05, 0.1) is 19.9 Å². The molecule has 1 N–H and O–H groups in total. The van der Waals surface area contributed by atoms with E-state index in [0.717, 1.165) is 5.56 Å². The molecule has 0 spiro atoms. The molecule has 2 aromatic carbocycles. The van der Waals surface area contributed by atoms with Crippen molar-refractivity contribution in [3.63, 3.8) is 0 Å².